The maximum Gasteiger partial charge on any atom is 0.151 e. The fourth-order valence-corrected chi connectivity index (χ4v) is 3.18. The van der Waals surface area contributed by atoms with Crippen LogP contribution in [0.4, 0.5) is 0 Å². The van der Waals surface area contributed by atoms with Gasteiger partial charge in [0.2, 0.25) is 0 Å². The Bertz CT molecular complexity index is 490. The number of carbonyl (C=O) groups excluding carboxylic acids is 1. The molecule has 1 heterocycles. The van der Waals surface area contributed by atoms with Crippen LogP contribution >= 0.6 is 34.7 Å². The molecule has 0 aliphatic heterocycles. The van der Waals surface area contributed by atoms with Crippen molar-refractivity contribution in [3.8, 4) is 0 Å². The Hall–Kier alpha value is -0.510. The van der Waals surface area contributed by atoms with Crippen molar-refractivity contribution in [2.24, 2.45) is 0 Å². The summed E-state index contributed by atoms with van der Waals surface area (Å²) in [5, 5.41) is 3.53. The molecule has 72 valence electrons. The van der Waals surface area contributed by atoms with E-state index >= 15 is 0 Å². The number of fused-ring (bicyclic) bond motifs is 1. The second kappa shape index (κ2) is 3.93. The lowest BCUT2D eigenvalue weighted by Crippen LogP contribution is -1.77. The zero-order valence-corrected chi connectivity index (χ0v) is 9.80. The Morgan fingerprint density at radius 2 is 2.29 bits per heavy atom. The van der Waals surface area contributed by atoms with Gasteiger partial charge in [-0.05, 0) is 18.4 Å². The van der Waals surface area contributed by atoms with Crippen molar-refractivity contribution in [3.05, 3.63) is 28.1 Å². The smallest absolute Gasteiger partial charge is 0.151 e. The summed E-state index contributed by atoms with van der Waals surface area (Å²) in [6.45, 7) is 0. The van der Waals surface area contributed by atoms with Crippen LogP contribution in [-0.2, 0) is 0 Å². The van der Waals surface area contributed by atoms with E-state index in [0.717, 1.165) is 26.8 Å². The third-order valence-electron chi connectivity index (χ3n) is 2.00. The molecule has 2 rings (SSSR count). The Morgan fingerprint density at radius 3 is 2.93 bits per heavy atom. The minimum absolute atomic E-state index is 0.714. The van der Waals surface area contributed by atoms with Gasteiger partial charge in [0.15, 0.2) is 6.29 Å². The van der Waals surface area contributed by atoms with Gasteiger partial charge in [-0.2, -0.15) is 0 Å². The molecular weight excluding hydrogens is 236 g/mol. The number of thioether (sulfide) groups is 1. The van der Waals surface area contributed by atoms with Crippen molar-refractivity contribution in [2.75, 3.05) is 6.26 Å². The molecule has 0 N–H and O–H groups in total. The molecule has 0 fully saturated rings. The molecule has 1 aromatic heterocycles. The molecule has 0 unspecified atom stereocenters. The van der Waals surface area contributed by atoms with Crippen LogP contribution < -0.4 is 0 Å². The highest BCUT2D eigenvalue weighted by Gasteiger charge is 2.07. The van der Waals surface area contributed by atoms with Crippen LogP contribution in [0.3, 0.4) is 0 Å². The van der Waals surface area contributed by atoms with Crippen LogP contribution in [0.15, 0.2) is 22.4 Å². The fourth-order valence-electron chi connectivity index (χ4n) is 1.30. The van der Waals surface area contributed by atoms with Crippen LogP contribution in [0.1, 0.15) is 10.4 Å². The van der Waals surface area contributed by atoms with Crippen molar-refractivity contribution in [1.29, 1.82) is 0 Å². The van der Waals surface area contributed by atoms with E-state index in [1.807, 2.05) is 23.8 Å². The summed E-state index contributed by atoms with van der Waals surface area (Å²) < 4.78 is 1.11. The normalized spacial score (nSPS) is 10.7. The number of aldehydes is 1. The predicted molar refractivity (Wildman–Crippen MR) is 64.0 cm³/mol. The zero-order chi connectivity index (χ0) is 10.1. The lowest BCUT2D eigenvalue weighted by molar-refractivity contribution is 0.112. The Kier molecular flexibility index (Phi) is 2.81. The van der Waals surface area contributed by atoms with Crippen LogP contribution in [0.25, 0.3) is 10.1 Å². The maximum atomic E-state index is 10.7. The first-order valence-corrected chi connectivity index (χ1v) is 6.44. The minimum atomic E-state index is 0.714. The Balaban J connectivity index is 2.75. The highest BCUT2D eigenvalue weighted by molar-refractivity contribution is 7.98. The SMILES string of the molecule is CSc1cc2scc(C=O)c2cc1Cl. The van der Waals surface area contributed by atoms with Gasteiger partial charge in [0.25, 0.3) is 0 Å². The third kappa shape index (κ3) is 1.56. The lowest BCUT2D eigenvalue weighted by atomic mass is 10.2. The molecule has 0 saturated heterocycles. The molecular formula is C10H7ClOS2. The number of hydrogen-bond acceptors (Lipinski definition) is 3. The summed E-state index contributed by atoms with van der Waals surface area (Å²) in [5.41, 5.74) is 0.722. The van der Waals surface area contributed by atoms with Crippen LogP contribution in [-0.4, -0.2) is 12.5 Å². The average molecular weight is 243 g/mol. The first-order chi connectivity index (χ1) is 6.76. The standard InChI is InChI=1S/C10H7ClOS2/c1-13-10-3-9-7(2-8(10)11)6(4-12)5-14-9/h2-5H,1H3. The fraction of sp³-hybridized carbons (Fsp3) is 0.100. The quantitative estimate of drug-likeness (QED) is 0.583. The summed E-state index contributed by atoms with van der Waals surface area (Å²) >= 11 is 9.24. The van der Waals surface area contributed by atoms with E-state index in [1.165, 1.54) is 0 Å². The van der Waals surface area contributed by atoms with Gasteiger partial charge in [-0.15, -0.1) is 23.1 Å². The van der Waals surface area contributed by atoms with Crippen molar-refractivity contribution in [2.45, 2.75) is 4.90 Å². The summed E-state index contributed by atoms with van der Waals surface area (Å²) in [5.74, 6) is 0. The summed E-state index contributed by atoms with van der Waals surface area (Å²) in [4.78, 5) is 11.8. The predicted octanol–water partition coefficient (Wildman–Crippen LogP) is 4.09. The largest absolute Gasteiger partial charge is 0.298 e. The van der Waals surface area contributed by atoms with E-state index in [4.69, 9.17) is 11.6 Å². The molecule has 0 spiro atoms. The van der Waals surface area contributed by atoms with E-state index < -0.39 is 0 Å². The van der Waals surface area contributed by atoms with Crippen LogP contribution in [0, 0.1) is 0 Å². The maximum absolute atomic E-state index is 10.7. The molecule has 0 radical (unpaired) electrons. The van der Waals surface area contributed by atoms with E-state index in [0.29, 0.717) is 5.02 Å². The highest BCUT2D eigenvalue weighted by atomic mass is 35.5. The zero-order valence-electron chi connectivity index (χ0n) is 7.41. The molecule has 0 amide bonds. The molecule has 0 bridgehead atoms. The van der Waals surface area contributed by atoms with Crippen molar-refractivity contribution >= 4 is 51.1 Å². The molecule has 0 saturated carbocycles. The number of thiophene rings is 1. The molecule has 0 aliphatic carbocycles. The van der Waals surface area contributed by atoms with Crippen LogP contribution in [0.2, 0.25) is 5.02 Å². The molecule has 1 aromatic carbocycles. The molecule has 0 atom stereocenters. The summed E-state index contributed by atoms with van der Waals surface area (Å²) in [7, 11) is 0. The van der Waals surface area contributed by atoms with Gasteiger partial charge in [0.1, 0.15) is 0 Å². The number of hydrogen-bond donors (Lipinski definition) is 0. The molecule has 4 heteroatoms. The van der Waals surface area contributed by atoms with E-state index in [-0.39, 0.29) is 0 Å². The Morgan fingerprint density at radius 1 is 1.50 bits per heavy atom. The number of halogens is 1. The van der Waals surface area contributed by atoms with E-state index in [9.17, 15) is 4.79 Å². The second-order valence-electron chi connectivity index (χ2n) is 2.79. The van der Waals surface area contributed by atoms with Gasteiger partial charge in [-0.3, -0.25) is 4.79 Å². The number of carbonyl (C=O) groups is 1. The first kappa shape index (κ1) is 10.0. The summed E-state index contributed by atoms with van der Waals surface area (Å²) in [6, 6.07) is 3.89. The van der Waals surface area contributed by atoms with Crippen LogP contribution in [0.5, 0.6) is 0 Å². The highest BCUT2D eigenvalue weighted by Crippen LogP contribution is 2.34. The lowest BCUT2D eigenvalue weighted by Gasteiger charge is -2.00. The topological polar surface area (TPSA) is 17.1 Å². The first-order valence-electron chi connectivity index (χ1n) is 3.96. The molecule has 14 heavy (non-hydrogen) atoms. The van der Waals surface area contributed by atoms with Gasteiger partial charge < -0.3 is 0 Å². The molecule has 2 aromatic rings. The van der Waals surface area contributed by atoms with Gasteiger partial charge in [0.05, 0.1) is 5.02 Å². The Labute approximate surface area is 95.1 Å². The third-order valence-corrected chi connectivity index (χ3v) is 4.17. The molecule has 1 nitrogen and oxygen atoms in total. The average Bonchev–Trinajstić information content (AvgIpc) is 2.58. The molecule has 0 aliphatic rings. The van der Waals surface area contributed by atoms with Gasteiger partial charge in [-0.25, -0.2) is 0 Å². The van der Waals surface area contributed by atoms with Gasteiger partial charge in [0, 0.05) is 25.9 Å². The number of rotatable bonds is 2. The second-order valence-corrected chi connectivity index (χ2v) is 4.96. The minimum Gasteiger partial charge on any atom is -0.298 e. The van der Waals surface area contributed by atoms with Gasteiger partial charge in [-0.1, -0.05) is 11.6 Å². The van der Waals surface area contributed by atoms with E-state index in [1.54, 1.807) is 23.1 Å². The summed E-state index contributed by atoms with van der Waals surface area (Å²) in [6.07, 6.45) is 2.86. The monoisotopic (exact) mass is 242 g/mol. The van der Waals surface area contributed by atoms with Crippen molar-refractivity contribution in [1.82, 2.24) is 0 Å². The van der Waals surface area contributed by atoms with Gasteiger partial charge >= 0.3 is 0 Å². The van der Waals surface area contributed by atoms with Crippen molar-refractivity contribution < 1.29 is 4.79 Å². The van der Waals surface area contributed by atoms with Crippen molar-refractivity contribution in [3.63, 3.8) is 0 Å². The number of benzene rings is 1. The van der Waals surface area contributed by atoms with E-state index in [2.05, 4.69) is 0 Å².